The van der Waals surface area contributed by atoms with E-state index in [0.29, 0.717) is 6.07 Å². The van der Waals surface area contributed by atoms with Gasteiger partial charge in [0, 0.05) is 32.3 Å². The second kappa shape index (κ2) is 9.76. The first-order valence-electron chi connectivity index (χ1n) is 9.28. The van der Waals surface area contributed by atoms with Crippen molar-refractivity contribution < 1.29 is 35.5 Å². The summed E-state index contributed by atoms with van der Waals surface area (Å²) in [5, 5.41) is -0.423. The molecular formula is C18H19ClF4N4O6S. The molecule has 2 aromatic rings. The molecule has 0 unspecified atom stereocenters. The molecule has 0 bridgehead atoms. The summed E-state index contributed by atoms with van der Waals surface area (Å²) in [4.78, 5) is 36.6. The van der Waals surface area contributed by atoms with Crippen LogP contribution in [0.3, 0.4) is 0 Å². The van der Waals surface area contributed by atoms with Gasteiger partial charge < -0.3 is 4.74 Å². The van der Waals surface area contributed by atoms with Gasteiger partial charge in [-0.25, -0.2) is 18.5 Å². The minimum absolute atomic E-state index is 0.111. The second-order valence-corrected chi connectivity index (χ2v) is 9.34. The Bertz CT molecular complexity index is 1340. The number of carbonyl (C=O) groups excluding carboxylic acids is 1. The Hall–Kier alpha value is -2.91. The van der Waals surface area contributed by atoms with Crippen molar-refractivity contribution in [3.63, 3.8) is 0 Å². The summed E-state index contributed by atoms with van der Waals surface area (Å²) in [5.74, 6) is -2.82. The van der Waals surface area contributed by atoms with Gasteiger partial charge in [-0.3, -0.25) is 14.2 Å². The van der Waals surface area contributed by atoms with Gasteiger partial charge in [0.05, 0.1) is 10.7 Å². The minimum Gasteiger partial charge on any atom is -0.482 e. The van der Waals surface area contributed by atoms with Gasteiger partial charge in [-0.15, -0.1) is 0 Å². The topological polar surface area (TPSA) is 120 Å². The van der Waals surface area contributed by atoms with E-state index in [1.54, 1.807) is 18.6 Å². The number of aromatic nitrogens is 2. The van der Waals surface area contributed by atoms with Gasteiger partial charge in [-0.2, -0.15) is 25.9 Å². The molecule has 2 rings (SSSR count). The number of carbonyl (C=O) groups is 1. The third kappa shape index (κ3) is 5.77. The molecule has 1 N–H and O–H groups in total. The average Bonchev–Trinajstić information content (AvgIpc) is 2.69. The highest BCUT2D eigenvalue weighted by atomic mass is 35.5. The number of hydrogen-bond acceptors (Lipinski definition) is 6. The van der Waals surface area contributed by atoms with Crippen LogP contribution in [0.4, 0.5) is 17.6 Å². The van der Waals surface area contributed by atoms with Gasteiger partial charge >= 0.3 is 22.1 Å². The summed E-state index contributed by atoms with van der Waals surface area (Å²) in [5.41, 5.74) is -5.34. The molecule has 0 spiro atoms. The Labute approximate surface area is 195 Å². The quantitative estimate of drug-likeness (QED) is 0.541. The summed E-state index contributed by atoms with van der Waals surface area (Å²) in [6.45, 7) is 2.21. The highest BCUT2D eigenvalue weighted by molar-refractivity contribution is 7.87. The number of rotatable bonds is 7. The van der Waals surface area contributed by atoms with Crippen LogP contribution in [0.2, 0.25) is 5.02 Å². The predicted molar refractivity (Wildman–Crippen MR) is 113 cm³/mol. The monoisotopic (exact) mass is 530 g/mol. The lowest BCUT2D eigenvalue weighted by Gasteiger charge is -2.21. The average molecular weight is 531 g/mol. The zero-order valence-corrected chi connectivity index (χ0v) is 19.7. The van der Waals surface area contributed by atoms with Crippen molar-refractivity contribution in [1.82, 2.24) is 18.2 Å². The highest BCUT2D eigenvalue weighted by Crippen LogP contribution is 2.30. The molecule has 0 radical (unpaired) electrons. The van der Waals surface area contributed by atoms with Crippen LogP contribution in [-0.4, -0.2) is 47.5 Å². The van der Waals surface area contributed by atoms with Crippen molar-refractivity contribution in [2.75, 3.05) is 13.7 Å². The van der Waals surface area contributed by atoms with Crippen molar-refractivity contribution in [3.05, 3.63) is 55.6 Å². The standard InChI is InChI=1S/C18H19ClF4N4O6S/c1-9(2)26(4)34(31,32)24-15(28)8-33-13-6-12(11(20)5-10(13)19)27-16(29)7-14(18(21,22)23)25(3)17(27)30/h5-7,9H,8H2,1-4H3,(H,24,28). The highest BCUT2D eigenvalue weighted by Gasteiger charge is 2.35. The van der Waals surface area contributed by atoms with Crippen molar-refractivity contribution >= 4 is 27.7 Å². The van der Waals surface area contributed by atoms with E-state index in [0.717, 1.165) is 17.4 Å². The number of nitrogens with zero attached hydrogens (tertiary/aromatic N) is 3. The molecule has 1 aromatic carbocycles. The molecule has 1 amide bonds. The van der Waals surface area contributed by atoms with Crippen molar-refractivity contribution in [2.24, 2.45) is 7.05 Å². The Kier molecular flexibility index (Phi) is 7.84. The molecule has 16 heteroatoms. The van der Waals surface area contributed by atoms with E-state index >= 15 is 0 Å². The number of amides is 1. The number of alkyl halides is 3. The van der Waals surface area contributed by atoms with Crippen LogP contribution in [0.5, 0.6) is 5.75 Å². The lowest BCUT2D eigenvalue weighted by Crippen LogP contribution is -2.45. The summed E-state index contributed by atoms with van der Waals surface area (Å²) < 4.78 is 85.6. The molecule has 188 valence electrons. The van der Waals surface area contributed by atoms with Crippen LogP contribution in [0.1, 0.15) is 19.5 Å². The molecule has 0 aliphatic carbocycles. The maximum atomic E-state index is 14.5. The first-order chi connectivity index (χ1) is 15.5. The van der Waals surface area contributed by atoms with Crippen molar-refractivity contribution in [3.8, 4) is 11.4 Å². The molecule has 0 aliphatic heterocycles. The SMILES string of the molecule is CC(C)N(C)S(=O)(=O)NC(=O)COc1cc(-n2c(=O)cc(C(F)(F)F)n(C)c2=O)c(F)cc1Cl. The fraction of sp³-hybridized carbons (Fsp3) is 0.389. The summed E-state index contributed by atoms with van der Waals surface area (Å²) in [7, 11) is -2.21. The molecule has 0 saturated carbocycles. The molecule has 10 nitrogen and oxygen atoms in total. The van der Waals surface area contributed by atoms with Gasteiger partial charge in [0.2, 0.25) is 0 Å². The molecule has 0 atom stereocenters. The molecule has 1 aromatic heterocycles. The van der Waals surface area contributed by atoms with Crippen molar-refractivity contribution in [1.29, 1.82) is 0 Å². The van der Waals surface area contributed by atoms with E-state index in [2.05, 4.69) is 0 Å². The van der Waals surface area contributed by atoms with E-state index in [-0.39, 0.29) is 15.2 Å². The van der Waals surface area contributed by atoms with Gasteiger partial charge in [0.25, 0.3) is 11.5 Å². The summed E-state index contributed by atoms with van der Waals surface area (Å²) in [6, 6.07) is 0.969. The smallest absolute Gasteiger partial charge is 0.431 e. The molecule has 0 fully saturated rings. The lowest BCUT2D eigenvalue weighted by molar-refractivity contribution is -0.144. The lowest BCUT2D eigenvalue weighted by atomic mass is 10.2. The zero-order chi connectivity index (χ0) is 26.2. The van der Waals surface area contributed by atoms with E-state index < -0.39 is 74.2 Å². The Balaban J connectivity index is 2.41. The normalized spacial score (nSPS) is 12.3. The second-order valence-electron chi connectivity index (χ2n) is 7.21. The van der Waals surface area contributed by atoms with E-state index in [4.69, 9.17) is 16.3 Å². The van der Waals surface area contributed by atoms with Crippen LogP contribution in [-0.2, 0) is 28.2 Å². The number of halogens is 5. The van der Waals surface area contributed by atoms with E-state index in [1.165, 1.54) is 7.05 Å². The van der Waals surface area contributed by atoms with Gasteiger partial charge in [-0.05, 0) is 19.9 Å². The van der Waals surface area contributed by atoms with E-state index in [9.17, 15) is 40.4 Å². The maximum Gasteiger partial charge on any atom is 0.431 e. The van der Waals surface area contributed by atoms with Crippen LogP contribution in [0.15, 0.2) is 27.8 Å². The molecule has 0 saturated heterocycles. The number of nitrogens with one attached hydrogen (secondary N) is 1. The molecular weight excluding hydrogens is 512 g/mol. The van der Waals surface area contributed by atoms with Crippen LogP contribution < -0.4 is 20.7 Å². The largest absolute Gasteiger partial charge is 0.482 e. The summed E-state index contributed by atoms with van der Waals surface area (Å²) >= 11 is 5.85. The molecule has 1 heterocycles. The number of benzene rings is 1. The third-order valence-corrected chi connectivity index (χ3v) is 6.52. The fourth-order valence-electron chi connectivity index (χ4n) is 2.59. The maximum absolute atomic E-state index is 14.5. The molecule has 34 heavy (non-hydrogen) atoms. The first kappa shape index (κ1) is 27.3. The van der Waals surface area contributed by atoms with Crippen LogP contribution >= 0.6 is 11.6 Å². The summed E-state index contributed by atoms with van der Waals surface area (Å²) in [6.07, 6.45) is -5.02. The fourth-order valence-corrected chi connectivity index (χ4v) is 3.84. The van der Waals surface area contributed by atoms with Gasteiger partial charge in [0.15, 0.2) is 6.61 Å². The Morgan fingerprint density at radius 2 is 1.82 bits per heavy atom. The van der Waals surface area contributed by atoms with E-state index in [1.807, 2.05) is 0 Å². The van der Waals surface area contributed by atoms with Crippen LogP contribution in [0.25, 0.3) is 5.69 Å². The first-order valence-corrected chi connectivity index (χ1v) is 11.1. The third-order valence-electron chi connectivity index (χ3n) is 4.56. The van der Waals surface area contributed by atoms with Crippen LogP contribution in [0, 0.1) is 5.82 Å². The Morgan fingerprint density at radius 1 is 1.24 bits per heavy atom. The van der Waals surface area contributed by atoms with Crippen molar-refractivity contribution in [2.45, 2.75) is 26.1 Å². The predicted octanol–water partition coefficient (Wildman–Crippen LogP) is 1.43. The van der Waals surface area contributed by atoms with Gasteiger partial charge in [-0.1, -0.05) is 11.6 Å². The number of hydrogen-bond donors (Lipinski definition) is 1. The Morgan fingerprint density at radius 3 is 2.35 bits per heavy atom. The van der Waals surface area contributed by atoms with Gasteiger partial charge in [0.1, 0.15) is 17.3 Å². The molecule has 0 aliphatic rings. The minimum atomic E-state index is -5.02. The zero-order valence-electron chi connectivity index (χ0n) is 18.1. The number of ether oxygens (including phenoxy) is 1.